The smallest absolute Gasteiger partial charge is 0.423 e. The first kappa shape index (κ1) is 26.1. The third kappa shape index (κ3) is 7.04. The molecular formula is C14H21Cl6NO5P+. The maximum absolute atomic E-state index is 13.3. The molecule has 2 amide bonds. The van der Waals surface area contributed by atoms with Crippen molar-refractivity contribution < 1.29 is 28.5 Å². The van der Waals surface area contributed by atoms with Crippen LogP contribution in [0.1, 0.15) is 19.8 Å². The summed E-state index contributed by atoms with van der Waals surface area (Å²) in [5, 5.41) is 10.5. The zero-order valence-corrected chi connectivity index (χ0v) is 20.1. The first-order valence-electron chi connectivity index (χ1n) is 7.96. The van der Waals surface area contributed by atoms with E-state index in [1.54, 1.807) is 6.92 Å². The van der Waals surface area contributed by atoms with Crippen LogP contribution in [-0.4, -0.2) is 73.5 Å². The molecule has 0 radical (unpaired) electrons. The van der Waals surface area contributed by atoms with Crippen LogP contribution in [0.3, 0.4) is 0 Å². The lowest BCUT2D eigenvalue weighted by Crippen LogP contribution is -2.62. The number of aliphatic hydroxyl groups is 1. The van der Waals surface area contributed by atoms with Crippen molar-refractivity contribution in [2.24, 2.45) is 0 Å². The SMILES string of the molecule is COC(=O)[N+]1(C(=O)C(O)CP(=O)(CC(Cl)(Cl)Cl)CC(Cl)(Cl)Cl)CCC[C@H]1C. The number of halogens is 6. The van der Waals surface area contributed by atoms with Gasteiger partial charge >= 0.3 is 12.0 Å². The molecule has 2 unspecified atom stereocenters. The van der Waals surface area contributed by atoms with Crippen LogP contribution < -0.4 is 0 Å². The van der Waals surface area contributed by atoms with E-state index in [9.17, 15) is 19.3 Å². The van der Waals surface area contributed by atoms with Crippen LogP contribution in [-0.2, 0) is 14.1 Å². The molecule has 6 nitrogen and oxygen atoms in total. The summed E-state index contributed by atoms with van der Waals surface area (Å²) in [6.45, 7) is 1.87. The predicted molar refractivity (Wildman–Crippen MR) is 110 cm³/mol. The largest absolute Gasteiger partial charge is 0.523 e. The number of carbonyl (C=O) groups is 2. The number of methoxy groups -OCH3 is 1. The lowest BCUT2D eigenvalue weighted by atomic mass is 10.2. The van der Waals surface area contributed by atoms with Crippen molar-refractivity contribution in [3.63, 3.8) is 0 Å². The molecule has 1 aliphatic heterocycles. The van der Waals surface area contributed by atoms with Gasteiger partial charge in [0.25, 0.3) is 0 Å². The molecule has 0 bridgehead atoms. The van der Waals surface area contributed by atoms with Crippen LogP contribution in [0.5, 0.6) is 0 Å². The normalized spacial score (nSPS) is 25.3. The van der Waals surface area contributed by atoms with Gasteiger partial charge in [0.1, 0.15) is 6.04 Å². The third-order valence-electron chi connectivity index (χ3n) is 4.50. The van der Waals surface area contributed by atoms with Gasteiger partial charge in [0, 0.05) is 31.3 Å². The number of aliphatic hydroxyl groups excluding tert-OH is 1. The van der Waals surface area contributed by atoms with Crippen LogP contribution >= 0.6 is 76.7 Å². The van der Waals surface area contributed by atoms with Gasteiger partial charge in [-0.2, -0.15) is 9.28 Å². The maximum atomic E-state index is 13.3. The zero-order valence-electron chi connectivity index (χ0n) is 14.6. The van der Waals surface area contributed by atoms with Crippen LogP contribution in [0.15, 0.2) is 0 Å². The van der Waals surface area contributed by atoms with E-state index in [0.717, 1.165) is 7.11 Å². The number of likely N-dealkylation sites (tertiary alicyclic amines) is 1. The van der Waals surface area contributed by atoms with Gasteiger partial charge in [-0.3, -0.25) is 0 Å². The molecule has 1 saturated heterocycles. The number of ether oxygens (including phenoxy) is 1. The average molecular weight is 527 g/mol. The number of hydrogen-bond acceptors (Lipinski definition) is 5. The Kier molecular flexibility index (Phi) is 9.12. The van der Waals surface area contributed by atoms with Crippen molar-refractivity contribution >= 4 is 88.7 Å². The molecule has 0 spiro atoms. The molecule has 1 aliphatic rings. The van der Waals surface area contributed by atoms with Gasteiger partial charge in [-0.1, -0.05) is 69.6 Å². The quantitative estimate of drug-likeness (QED) is 0.318. The van der Waals surface area contributed by atoms with Gasteiger partial charge < -0.3 is 14.4 Å². The molecule has 27 heavy (non-hydrogen) atoms. The van der Waals surface area contributed by atoms with Crippen LogP contribution in [0.25, 0.3) is 0 Å². The van der Waals surface area contributed by atoms with Crippen molar-refractivity contribution in [3.05, 3.63) is 0 Å². The van der Waals surface area contributed by atoms with Gasteiger partial charge in [-0.05, 0) is 6.92 Å². The molecule has 0 aromatic carbocycles. The summed E-state index contributed by atoms with van der Waals surface area (Å²) in [5.74, 6) is -0.833. The second kappa shape index (κ2) is 9.45. The van der Waals surface area contributed by atoms with E-state index in [1.807, 2.05) is 0 Å². The van der Waals surface area contributed by atoms with Crippen LogP contribution in [0.2, 0.25) is 0 Å². The number of alkyl halides is 6. The Labute approximate surface area is 188 Å². The average Bonchev–Trinajstić information content (AvgIpc) is 2.83. The fourth-order valence-corrected chi connectivity index (χ4v) is 9.81. The summed E-state index contributed by atoms with van der Waals surface area (Å²) >= 11 is 34.5. The predicted octanol–water partition coefficient (Wildman–Crippen LogP) is 4.74. The Morgan fingerprint density at radius 1 is 1.19 bits per heavy atom. The van der Waals surface area contributed by atoms with Crippen LogP contribution in [0.4, 0.5) is 4.79 Å². The van der Waals surface area contributed by atoms with E-state index in [0.29, 0.717) is 12.8 Å². The molecule has 1 heterocycles. The van der Waals surface area contributed by atoms with E-state index in [1.165, 1.54) is 0 Å². The number of rotatable bonds is 5. The number of quaternary nitrogens is 1. The Balaban J connectivity index is 3.16. The molecule has 0 aliphatic carbocycles. The molecule has 0 aromatic rings. The van der Waals surface area contributed by atoms with Gasteiger partial charge in [-0.15, -0.1) is 0 Å². The number of nitrogens with zero attached hydrogens (tertiary/aromatic N) is 1. The van der Waals surface area contributed by atoms with E-state index in [2.05, 4.69) is 0 Å². The molecule has 13 heteroatoms. The minimum Gasteiger partial charge on any atom is -0.423 e. The van der Waals surface area contributed by atoms with Crippen LogP contribution in [0, 0.1) is 0 Å². The molecule has 0 saturated carbocycles. The monoisotopic (exact) mass is 524 g/mol. The number of amides is 2. The topological polar surface area (TPSA) is 80.7 Å². The van der Waals surface area contributed by atoms with Gasteiger partial charge in [-0.25, -0.2) is 4.79 Å². The van der Waals surface area contributed by atoms with Gasteiger partial charge in [0.05, 0.1) is 20.8 Å². The van der Waals surface area contributed by atoms with Crippen molar-refractivity contribution in [2.75, 3.05) is 32.1 Å². The highest BCUT2D eigenvalue weighted by atomic mass is 35.6. The highest BCUT2D eigenvalue weighted by Crippen LogP contribution is 2.57. The zero-order chi connectivity index (χ0) is 21.3. The second-order valence-electron chi connectivity index (χ2n) is 6.70. The Morgan fingerprint density at radius 3 is 2.00 bits per heavy atom. The van der Waals surface area contributed by atoms with Crippen molar-refractivity contribution in [1.82, 2.24) is 0 Å². The number of hydrogen-bond donors (Lipinski definition) is 1. The fourth-order valence-electron chi connectivity index (χ4n) is 3.43. The molecule has 0 aromatic heterocycles. The maximum Gasteiger partial charge on any atom is 0.523 e. The highest BCUT2D eigenvalue weighted by Gasteiger charge is 2.56. The summed E-state index contributed by atoms with van der Waals surface area (Å²) in [7, 11) is -2.47. The standard InChI is InChI=1S/C14H21Cl6NO5P/c1-9-4-3-5-21(9,12(24)26-2)11(23)10(22)6-27(25,7-13(15,16)17)8-14(18,19)20/h9-10,22H,3-8H2,1-2H3/q+1/t9-,10?,21?/m1/s1. The fraction of sp³-hybridized carbons (Fsp3) is 0.857. The molecule has 1 N–H and O–H groups in total. The number of carbonyl (C=O) groups excluding carboxylic acids is 2. The van der Waals surface area contributed by atoms with E-state index in [-0.39, 0.29) is 6.54 Å². The first-order chi connectivity index (χ1) is 12.1. The van der Waals surface area contributed by atoms with Gasteiger partial charge in [0.2, 0.25) is 0 Å². The summed E-state index contributed by atoms with van der Waals surface area (Å²) in [4.78, 5) is 25.3. The Hall–Kier alpha value is 1.03. The van der Waals surface area contributed by atoms with E-state index in [4.69, 9.17) is 74.3 Å². The lowest BCUT2D eigenvalue weighted by Gasteiger charge is -2.34. The van der Waals surface area contributed by atoms with E-state index < -0.39 is 61.8 Å². The minimum absolute atomic E-state index is 0.170. The minimum atomic E-state index is -3.63. The highest BCUT2D eigenvalue weighted by molar-refractivity contribution is 7.64. The molecule has 1 rings (SSSR count). The molecular weight excluding hydrogens is 506 g/mol. The second-order valence-corrected chi connectivity index (χ2v) is 14.8. The third-order valence-corrected chi connectivity index (χ3v) is 9.54. The van der Waals surface area contributed by atoms with E-state index >= 15 is 0 Å². The molecule has 1 fully saturated rings. The molecule has 3 atom stereocenters. The first-order valence-corrected chi connectivity index (χ1v) is 12.5. The Bertz CT molecular complexity index is 602. The summed E-state index contributed by atoms with van der Waals surface area (Å²) < 4.78 is 13.5. The van der Waals surface area contributed by atoms with Crippen molar-refractivity contribution in [2.45, 2.75) is 39.5 Å². The summed E-state index contributed by atoms with van der Waals surface area (Å²) in [6.07, 6.45) is -2.98. The summed E-state index contributed by atoms with van der Waals surface area (Å²) in [5.41, 5.74) is 0. The van der Waals surface area contributed by atoms with Crippen molar-refractivity contribution in [1.29, 1.82) is 0 Å². The lowest BCUT2D eigenvalue weighted by molar-refractivity contribution is -0.794. The Morgan fingerprint density at radius 2 is 1.67 bits per heavy atom. The molecule has 158 valence electrons. The number of imide groups is 1. The van der Waals surface area contributed by atoms with Crippen molar-refractivity contribution in [3.8, 4) is 0 Å². The summed E-state index contributed by atoms with van der Waals surface area (Å²) in [6, 6.07) is -0.402. The van der Waals surface area contributed by atoms with Gasteiger partial charge in [0.15, 0.2) is 13.7 Å².